The molecule has 3 aromatic rings. The Morgan fingerprint density at radius 2 is 2.00 bits per heavy atom. The summed E-state index contributed by atoms with van der Waals surface area (Å²) >= 11 is 8.35. The van der Waals surface area contributed by atoms with Crippen molar-refractivity contribution in [1.29, 1.82) is 0 Å². The average Bonchev–Trinajstić information content (AvgIpc) is 2.91. The van der Waals surface area contributed by atoms with E-state index < -0.39 is 0 Å². The van der Waals surface area contributed by atoms with Crippen molar-refractivity contribution in [2.45, 2.75) is 24.7 Å². The molecular weight excluding hydrogens is 430 g/mol. The zero-order chi connectivity index (χ0) is 15.7. The molecule has 1 atom stereocenters. The highest BCUT2D eigenvalue weighted by Crippen LogP contribution is 2.28. The number of alkyl halides is 1. The molecule has 114 valence electrons. The third-order valence-corrected chi connectivity index (χ3v) is 5.80. The summed E-state index contributed by atoms with van der Waals surface area (Å²) in [6.45, 7) is 2.56. The molecule has 0 aliphatic rings. The second-order valence-corrected chi connectivity index (χ2v) is 8.20. The van der Waals surface area contributed by atoms with Crippen molar-refractivity contribution in [1.82, 2.24) is 14.5 Å². The fraction of sp³-hybridized carbons (Fsp3) is 0.267. The Morgan fingerprint density at radius 1 is 1.27 bits per heavy atom. The van der Waals surface area contributed by atoms with Crippen molar-refractivity contribution in [2.75, 3.05) is 0 Å². The molecular formula is C15H13Br2N3OS. The van der Waals surface area contributed by atoms with E-state index in [0.29, 0.717) is 20.8 Å². The van der Waals surface area contributed by atoms with E-state index in [4.69, 9.17) is 0 Å². The first-order valence-corrected chi connectivity index (χ1v) is 9.37. The number of rotatable bonds is 4. The number of nitrogens with zero attached hydrogens (tertiary/aromatic N) is 3. The molecule has 0 aliphatic carbocycles. The van der Waals surface area contributed by atoms with Gasteiger partial charge in [-0.05, 0) is 27.9 Å². The van der Waals surface area contributed by atoms with Crippen LogP contribution in [0.5, 0.6) is 0 Å². The predicted molar refractivity (Wildman–Crippen MR) is 96.9 cm³/mol. The van der Waals surface area contributed by atoms with Crippen LogP contribution < -0.4 is 5.56 Å². The summed E-state index contributed by atoms with van der Waals surface area (Å²) in [5.41, 5.74) is 1.40. The van der Waals surface area contributed by atoms with Gasteiger partial charge in [0.1, 0.15) is 5.82 Å². The van der Waals surface area contributed by atoms with E-state index >= 15 is 0 Å². The van der Waals surface area contributed by atoms with Crippen LogP contribution in [0.25, 0.3) is 10.3 Å². The molecule has 1 aromatic carbocycles. The number of hydrogen-bond acceptors (Lipinski definition) is 4. The Kier molecular flexibility index (Phi) is 4.75. The molecule has 0 fully saturated rings. The van der Waals surface area contributed by atoms with E-state index in [1.807, 2.05) is 30.3 Å². The molecule has 0 spiro atoms. The first-order chi connectivity index (χ1) is 10.6. The van der Waals surface area contributed by atoms with Crippen molar-refractivity contribution in [3.8, 4) is 0 Å². The number of hydrogen-bond donors (Lipinski definition) is 0. The maximum Gasteiger partial charge on any atom is 0.281 e. The zero-order valence-corrected chi connectivity index (χ0v) is 15.8. The highest BCUT2D eigenvalue weighted by atomic mass is 79.9. The average molecular weight is 443 g/mol. The molecule has 0 N–H and O–H groups in total. The van der Waals surface area contributed by atoms with Crippen molar-refractivity contribution in [3.05, 3.63) is 56.0 Å². The number of thiazole rings is 1. The molecule has 0 amide bonds. The lowest BCUT2D eigenvalue weighted by atomic mass is 10.2. The van der Waals surface area contributed by atoms with Crippen LogP contribution in [0.2, 0.25) is 0 Å². The predicted octanol–water partition coefficient (Wildman–Crippen LogP) is 4.51. The molecule has 4 nitrogen and oxygen atoms in total. The van der Waals surface area contributed by atoms with Crippen molar-refractivity contribution in [3.63, 3.8) is 0 Å². The van der Waals surface area contributed by atoms with Gasteiger partial charge < -0.3 is 0 Å². The minimum absolute atomic E-state index is 0.0363. The van der Waals surface area contributed by atoms with Gasteiger partial charge in [0.25, 0.3) is 5.56 Å². The van der Waals surface area contributed by atoms with Crippen LogP contribution >= 0.6 is 43.2 Å². The van der Waals surface area contributed by atoms with E-state index in [1.165, 1.54) is 11.3 Å². The van der Waals surface area contributed by atoms with Gasteiger partial charge in [-0.3, -0.25) is 9.36 Å². The highest BCUT2D eigenvalue weighted by molar-refractivity contribution is 9.11. The summed E-state index contributed by atoms with van der Waals surface area (Å²) in [4.78, 5) is 22.5. The summed E-state index contributed by atoms with van der Waals surface area (Å²) in [6, 6.07) is 9.92. The third-order valence-electron chi connectivity index (χ3n) is 3.35. The van der Waals surface area contributed by atoms with Crippen LogP contribution in [-0.4, -0.2) is 14.5 Å². The Labute approximate surface area is 148 Å². The van der Waals surface area contributed by atoms with Crippen LogP contribution in [0.4, 0.5) is 0 Å². The molecule has 1 unspecified atom stereocenters. The van der Waals surface area contributed by atoms with E-state index in [9.17, 15) is 4.79 Å². The van der Waals surface area contributed by atoms with Gasteiger partial charge >= 0.3 is 0 Å². The lowest BCUT2D eigenvalue weighted by Crippen LogP contribution is -2.26. The molecule has 2 aromatic heterocycles. The smallest absolute Gasteiger partial charge is 0.281 e. The highest BCUT2D eigenvalue weighted by Gasteiger charge is 2.19. The minimum Gasteiger partial charge on any atom is -0.289 e. The fourth-order valence-electron chi connectivity index (χ4n) is 2.24. The van der Waals surface area contributed by atoms with Crippen molar-refractivity contribution in [2.24, 2.45) is 0 Å². The second kappa shape index (κ2) is 6.60. The van der Waals surface area contributed by atoms with Crippen LogP contribution in [0, 0.1) is 0 Å². The van der Waals surface area contributed by atoms with Crippen LogP contribution in [0.1, 0.15) is 29.6 Å². The lowest BCUT2D eigenvalue weighted by molar-refractivity contribution is 0.662. The first-order valence-electron chi connectivity index (χ1n) is 6.85. The van der Waals surface area contributed by atoms with E-state index in [0.717, 1.165) is 17.8 Å². The molecule has 0 saturated carbocycles. The van der Waals surface area contributed by atoms with Crippen LogP contribution in [0.3, 0.4) is 0 Å². The zero-order valence-electron chi connectivity index (χ0n) is 11.8. The summed E-state index contributed by atoms with van der Waals surface area (Å²) in [5, 5.41) is 0. The number of aromatic nitrogens is 3. The number of fused-ring (bicyclic) bond motifs is 1. The van der Waals surface area contributed by atoms with Crippen LogP contribution in [0.15, 0.2) is 39.0 Å². The maximum atomic E-state index is 12.8. The topological polar surface area (TPSA) is 47.8 Å². The Balaban J connectivity index is 2.20. The molecule has 7 heteroatoms. The maximum absolute atomic E-state index is 12.8. The first kappa shape index (κ1) is 15.8. The van der Waals surface area contributed by atoms with Crippen LogP contribution in [-0.2, 0) is 6.54 Å². The van der Waals surface area contributed by atoms with Gasteiger partial charge in [0.15, 0.2) is 14.3 Å². The Morgan fingerprint density at radius 3 is 2.68 bits per heavy atom. The molecule has 0 radical (unpaired) electrons. The lowest BCUT2D eigenvalue weighted by Gasteiger charge is -2.15. The fourth-order valence-corrected chi connectivity index (χ4v) is 3.89. The SMILES string of the molecule is CCC(Br)c1nc2sc(Br)nc2c(=O)n1Cc1ccccc1. The van der Waals surface area contributed by atoms with E-state index in [2.05, 4.69) is 48.8 Å². The molecule has 22 heavy (non-hydrogen) atoms. The van der Waals surface area contributed by atoms with Gasteiger partial charge in [-0.1, -0.05) is 64.5 Å². The minimum atomic E-state index is -0.0938. The van der Waals surface area contributed by atoms with E-state index in [1.54, 1.807) is 4.57 Å². The Hall–Kier alpha value is -1.05. The van der Waals surface area contributed by atoms with Gasteiger partial charge in [-0.25, -0.2) is 9.97 Å². The quantitative estimate of drug-likeness (QED) is 0.558. The van der Waals surface area contributed by atoms with Gasteiger partial charge in [0, 0.05) is 0 Å². The largest absolute Gasteiger partial charge is 0.289 e. The molecule has 0 bridgehead atoms. The number of halogens is 2. The van der Waals surface area contributed by atoms with E-state index in [-0.39, 0.29) is 10.4 Å². The molecule has 2 heterocycles. The normalized spacial score (nSPS) is 12.7. The summed E-state index contributed by atoms with van der Waals surface area (Å²) in [6.07, 6.45) is 0.854. The molecule has 0 saturated heterocycles. The third kappa shape index (κ3) is 3.02. The van der Waals surface area contributed by atoms with Gasteiger partial charge in [-0.15, -0.1) is 0 Å². The monoisotopic (exact) mass is 441 g/mol. The van der Waals surface area contributed by atoms with Gasteiger partial charge in [0.2, 0.25) is 0 Å². The molecule has 0 aliphatic heterocycles. The number of benzene rings is 1. The van der Waals surface area contributed by atoms with Crippen molar-refractivity contribution < 1.29 is 0 Å². The summed E-state index contributed by atoms with van der Waals surface area (Å²) < 4.78 is 2.39. The summed E-state index contributed by atoms with van der Waals surface area (Å²) in [7, 11) is 0. The van der Waals surface area contributed by atoms with Crippen molar-refractivity contribution >= 4 is 53.5 Å². The second-order valence-electron chi connectivity index (χ2n) is 4.84. The van der Waals surface area contributed by atoms with Gasteiger partial charge in [0.05, 0.1) is 11.4 Å². The van der Waals surface area contributed by atoms with Gasteiger partial charge in [-0.2, -0.15) is 0 Å². The summed E-state index contributed by atoms with van der Waals surface area (Å²) in [5.74, 6) is 0.750. The Bertz CT molecular complexity index is 860. The standard InChI is InChI=1S/C15H13Br2N3OS/c1-2-10(16)12-19-13-11(18-15(17)22-13)14(21)20(12)8-9-6-4-3-5-7-9/h3-7,10H,2,8H2,1H3. The molecule has 3 rings (SSSR count).